The average Bonchev–Trinajstić information content (AvgIpc) is 2.90. The fourth-order valence-corrected chi connectivity index (χ4v) is 3.24. The molecule has 19 heavy (non-hydrogen) atoms. The molecule has 1 atom stereocenters. The zero-order valence-corrected chi connectivity index (χ0v) is 13.4. The summed E-state index contributed by atoms with van der Waals surface area (Å²) in [5.74, 6) is 0. The molecule has 0 fully saturated rings. The van der Waals surface area contributed by atoms with Gasteiger partial charge in [0.25, 0.3) is 0 Å². The van der Waals surface area contributed by atoms with Crippen molar-refractivity contribution in [3.8, 4) is 0 Å². The van der Waals surface area contributed by atoms with E-state index in [0.717, 1.165) is 28.4 Å². The predicted octanol–water partition coefficient (Wildman–Crippen LogP) is 4.39. The van der Waals surface area contributed by atoms with Crippen molar-refractivity contribution in [2.75, 3.05) is 11.9 Å². The molecule has 2 aromatic rings. The average molecular weight is 338 g/mol. The Balaban J connectivity index is 2.18. The zero-order chi connectivity index (χ0) is 13.8. The minimum absolute atomic E-state index is 0.346. The topological polar surface area (TPSA) is 20.3 Å². The number of thiophene rings is 1. The molecule has 2 rings (SSSR count). The van der Waals surface area contributed by atoms with Crippen LogP contribution in [0.4, 0.5) is 5.69 Å². The Morgan fingerprint density at radius 1 is 1.42 bits per heavy atom. The maximum atomic E-state index is 11.2. The third-order valence-electron chi connectivity index (χ3n) is 3.23. The molecular formula is C15H16BrNOS. The number of benzene rings is 1. The van der Waals surface area contributed by atoms with E-state index in [-0.39, 0.29) is 0 Å². The highest BCUT2D eigenvalue weighted by atomic mass is 79.9. The van der Waals surface area contributed by atoms with Gasteiger partial charge in [-0.25, -0.2) is 0 Å². The van der Waals surface area contributed by atoms with E-state index in [1.165, 1.54) is 4.88 Å². The lowest BCUT2D eigenvalue weighted by molar-refractivity contribution is 0.112. The smallest absolute Gasteiger partial charge is 0.152 e. The van der Waals surface area contributed by atoms with Gasteiger partial charge >= 0.3 is 0 Å². The Hall–Kier alpha value is -1.13. The van der Waals surface area contributed by atoms with Gasteiger partial charge in [-0.3, -0.25) is 4.79 Å². The van der Waals surface area contributed by atoms with Gasteiger partial charge < -0.3 is 4.90 Å². The molecule has 0 saturated heterocycles. The van der Waals surface area contributed by atoms with Crippen molar-refractivity contribution >= 4 is 39.2 Å². The molecule has 0 saturated carbocycles. The second-order valence-electron chi connectivity index (χ2n) is 4.56. The van der Waals surface area contributed by atoms with Gasteiger partial charge in [-0.15, -0.1) is 11.3 Å². The first-order chi connectivity index (χ1) is 9.11. The van der Waals surface area contributed by atoms with Crippen LogP contribution in [0.5, 0.6) is 0 Å². The van der Waals surface area contributed by atoms with E-state index >= 15 is 0 Å². The molecule has 1 heterocycles. The van der Waals surface area contributed by atoms with E-state index in [1.54, 1.807) is 11.3 Å². The van der Waals surface area contributed by atoms with Crippen molar-refractivity contribution in [1.82, 2.24) is 0 Å². The molecular weight excluding hydrogens is 322 g/mol. The lowest BCUT2D eigenvalue weighted by atomic mass is 10.1. The Kier molecular flexibility index (Phi) is 4.77. The fraction of sp³-hybridized carbons (Fsp3) is 0.267. The predicted molar refractivity (Wildman–Crippen MR) is 85.4 cm³/mol. The normalized spacial score (nSPS) is 12.2. The Morgan fingerprint density at radius 3 is 2.84 bits per heavy atom. The summed E-state index contributed by atoms with van der Waals surface area (Å²) in [5, 5.41) is 2.10. The lowest BCUT2D eigenvalue weighted by Crippen LogP contribution is -2.31. The highest BCUT2D eigenvalue weighted by Crippen LogP contribution is 2.25. The largest absolute Gasteiger partial charge is 0.371 e. The number of hydrogen-bond acceptors (Lipinski definition) is 3. The minimum atomic E-state index is 0.346. The first kappa shape index (κ1) is 14.3. The van der Waals surface area contributed by atoms with Gasteiger partial charge in [0, 0.05) is 40.1 Å². The summed E-state index contributed by atoms with van der Waals surface area (Å²) in [6, 6.07) is 10.4. The standard InChI is InChI=1S/C15H16BrNOS/c1-11(8-14-4-3-7-19-14)17(2)15-6-5-13(16)9-12(15)10-18/h3-7,9-11H,8H2,1-2H3. The van der Waals surface area contributed by atoms with Crippen LogP contribution in [0.15, 0.2) is 40.2 Å². The van der Waals surface area contributed by atoms with Crippen LogP contribution >= 0.6 is 27.3 Å². The number of hydrogen-bond donors (Lipinski definition) is 0. The van der Waals surface area contributed by atoms with E-state index in [4.69, 9.17) is 0 Å². The maximum absolute atomic E-state index is 11.2. The summed E-state index contributed by atoms with van der Waals surface area (Å²) in [7, 11) is 2.04. The van der Waals surface area contributed by atoms with Crippen molar-refractivity contribution in [2.24, 2.45) is 0 Å². The number of nitrogens with zero attached hydrogens (tertiary/aromatic N) is 1. The summed E-state index contributed by atoms with van der Waals surface area (Å²) >= 11 is 5.17. The van der Waals surface area contributed by atoms with E-state index < -0.39 is 0 Å². The molecule has 4 heteroatoms. The van der Waals surface area contributed by atoms with Gasteiger partial charge in [0.1, 0.15) is 0 Å². The molecule has 0 aliphatic carbocycles. The van der Waals surface area contributed by atoms with E-state index in [9.17, 15) is 4.79 Å². The van der Waals surface area contributed by atoms with Crippen molar-refractivity contribution in [3.63, 3.8) is 0 Å². The number of aldehydes is 1. The van der Waals surface area contributed by atoms with E-state index in [0.29, 0.717) is 6.04 Å². The zero-order valence-electron chi connectivity index (χ0n) is 11.0. The molecule has 0 amide bonds. The molecule has 0 radical (unpaired) electrons. The van der Waals surface area contributed by atoms with Crippen LogP contribution in [0.1, 0.15) is 22.2 Å². The summed E-state index contributed by atoms with van der Waals surface area (Å²) in [6.45, 7) is 2.18. The second-order valence-corrected chi connectivity index (χ2v) is 6.51. The summed E-state index contributed by atoms with van der Waals surface area (Å²) in [5.41, 5.74) is 1.69. The van der Waals surface area contributed by atoms with Crippen LogP contribution in [0, 0.1) is 0 Å². The second kappa shape index (κ2) is 6.35. The molecule has 2 nitrogen and oxygen atoms in total. The van der Waals surface area contributed by atoms with Gasteiger partial charge in [0.2, 0.25) is 0 Å². The number of anilines is 1. The Bertz CT molecular complexity index is 553. The molecule has 0 aliphatic rings. The van der Waals surface area contributed by atoms with E-state index in [1.807, 2.05) is 25.2 Å². The molecule has 0 N–H and O–H groups in total. The number of rotatable bonds is 5. The third kappa shape index (κ3) is 3.45. The van der Waals surface area contributed by atoms with Crippen molar-refractivity contribution in [3.05, 3.63) is 50.6 Å². The van der Waals surface area contributed by atoms with Crippen LogP contribution in [0.25, 0.3) is 0 Å². The number of halogens is 1. The van der Waals surface area contributed by atoms with Crippen LogP contribution in [-0.2, 0) is 6.42 Å². The summed E-state index contributed by atoms with van der Waals surface area (Å²) in [4.78, 5) is 14.7. The third-order valence-corrected chi connectivity index (χ3v) is 4.63. The quantitative estimate of drug-likeness (QED) is 0.754. The molecule has 1 aromatic heterocycles. The molecule has 1 unspecified atom stereocenters. The highest BCUT2D eigenvalue weighted by Gasteiger charge is 2.14. The van der Waals surface area contributed by atoms with Crippen LogP contribution in [0.2, 0.25) is 0 Å². The van der Waals surface area contributed by atoms with Gasteiger partial charge in [-0.2, -0.15) is 0 Å². The highest BCUT2D eigenvalue weighted by molar-refractivity contribution is 9.10. The summed E-state index contributed by atoms with van der Waals surface area (Å²) in [6.07, 6.45) is 1.90. The monoisotopic (exact) mass is 337 g/mol. The van der Waals surface area contributed by atoms with Crippen LogP contribution in [-0.4, -0.2) is 19.4 Å². The Morgan fingerprint density at radius 2 is 2.21 bits per heavy atom. The lowest BCUT2D eigenvalue weighted by Gasteiger charge is -2.28. The van der Waals surface area contributed by atoms with Crippen molar-refractivity contribution in [2.45, 2.75) is 19.4 Å². The fourth-order valence-electron chi connectivity index (χ4n) is 2.04. The maximum Gasteiger partial charge on any atom is 0.152 e. The van der Waals surface area contributed by atoms with Gasteiger partial charge in [-0.1, -0.05) is 22.0 Å². The van der Waals surface area contributed by atoms with Crippen molar-refractivity contribution in [1.29, 1.82) is 0 Å². The minimum Gasteiger partial charge on any atom is -0.371 e. The van der Waals surface area contributed by atoms with Crippen molar-refractivity contribution < 1.29 is 4.79 Å². The first-order valence-corrected chi connectivity index (χ1v) is 7.79. The molecule has 0 aliphatic heterocycles. The van der Waals surface area contributed by atoms with Gasteiger partial charge in [-0.05, 0) is 36.6 Å². The first-order valence-electron chi connectivity index (χ1n) is 6.11. The van der Waals surface area contributed by atoms with E-state index in [2.05, 4.69) is 45.3 Å². The number of carbonyl (C=O) groups excluding carboxylic acids is 1. The Labute approximate surface area is 126 Å². The van der Waals surface area contributed by atoms with Gasteiger partial charge in [0.05, 0.1) is 0 Å². The summed E-state index contributed by atoms with van der Waals surface area (Å²) < 4.78 is 0.928. The van der Waals surface area contributed by atoms with Crippen LogP contribution in [0.3, 0.4) is 0 Å². The van der Waals surface area contributed by atoms with Crippen LogP contribution < -0.4 is 4.90 Å². The number of likely N-dealkylation sites (N-methyl/N-ethyl adjacent to an activating group) is 1. The molecule has 1 aromatic carbocycles. The number of carbonyl (C=O) groups is 1. The molecule has 0 bridgehead atoms. The molecule has 0 spiro atoms. The molecule has 100 valence electrons. The van der Waals surface area contributed by atoms with Gasteiger partial charge in [0.15, 0.2) is 6.29 Å². The SMILES string of the molecule is CC(Cc1cccs1)N(C)c1ccc(Br)cc1C=O.